The van der Waals surface area contributed by atoms with Crippen molar-refractivity contribution in [2.75, 3.05) is 117 Å². The Balaban J connectivity index is 1.48. The molecule has 67 heavy (non-hydrogen) atoms. The van der Waals surface area contributed by atoms with Gasteiger partial charge in [0.05, 0.1) is 49.7 Å². The normalized spacial score (nSPS) is 13.3. The van der Waals surface area contributed by atoms with Crippen molar-refractivity contribution in [3.05, 3.63) is 53.9 Å². The first kappa shape index (κ1) is 57.0. The van der Waals surface area contributed by atoms with Crippen molar-refractivity contribution in [1.82, 2.24) is 29.2 Å². The molecule has 3 aromatic rings. The van der Waals surface area contributed by atoms with Gasteiger partial charge in [-0.25, -0.2) is 4.57 Å². The lowest BCUT2D eigenvalue weighted by Crippen LogP contribution is -2.29. The Bertz CT molecular complexity index is 2090. The first-order valence-corrected chi connectivity index (χ1v) is 24.7. The molecule has 0 spiro atoms. The second-order valence-electron chi connectivity index (χ2n) is 15.1. The minimum absolute atomic E-state index is 0.00934. The number of aliphatic hydroxyl groups excluding tert-OH is 1. The number of carbonyl (C=O) groups is 4. The van der Waals surface area contributed by atoms with Gasteiger partial charge in [0.2, 0.25) is 5.91 Å². The molecule has 0 aromatic carbocycles. The van der Waals surface area contributed by atoms with Crippen LogP contribution in [0.4, 0.5) is 17.1 Å². The molecule has 378 valence electrons. The van der Waals surface area contributed by atoms with E-state index in [9.17, 15) is 38.1 Å². The molecule has 25 nitrogen and oxygen atoms in total. The zero-order valence-electron chi connectivity index (χ0n) is 38.7. The molecule has 0 fully saturated rings. The molecule has 0 saturated heterocycles. The van der Waals surface area contributed by atoms with E-state index >= 15 is 0 Å². The van der Waals surface area contributed by atoms with Crippen molar-refractivity contribution in [2.45, 2.75) is 58.7 Å². The van der Waals surface area contributed by atoms with Gasteiger partial charge in [0.1, 0.15) is 44.0 Å². The lowest BCUT2D eigenvalue weighted by Gasteiger charge is -2.15. The summed E-state index contributed by atoms with van der Waals surface area (Å²) < 4.78 is 64.5. The van der Waals surface area contributed by atoms with Crippen LogP contribution in [0.15, 0.2) is 36.8 Å². The smallest absolute Gasteiger partial charge is 0.396 e. The average molecular weight is 992 g/mol. The number of methoxy groups -OCH3 is 3. The van der Waals surface area contributed by atoms with Crippen LogP contribution in [0.25, 0.3) is 0 Å². The summed E-state index contributed by atoms with van der Waals surface area (Å²) in [5, 5.41) is 22.7. The number of aromatic nitrogens is 3. The number of amides is 4. The molecule has 0 bridgehead atoms. The van der Waals surface area contributed by atoms with Crippen molar-refractivity contribution in [3.63, 3.8) is 0 Å². The third kappa shape index (κ3) is 21.7. The number of hydrogen-bond acceptors (Lipinski definition) is 16. The van der Waals surface area contributed by atoms with E-state index in [1.165, 1.54) is 65.6 Å². The standard InChI is InChI=1S/C40H67N9O16P2/c1-46(2)14-10-11-37(51)43-31-21-35(48(24-31)29-60-4)39(53)45-33-23-36(49(26-33)30-61-5)40(54)44-32-22-34(47(25-32)28-59-3)38(52)42-13-16-62-17-18-63-67(57,58)64-19-20-66(55,56)65-27-41-12-8-6-7-9-15-50/h21-26,41,50H,6-20,27-30H2,1-5H3,(H,42,52)(H,43,51)(H,44,54)(H,45,53)(H,55,56)(H,57,58). The average Bonchev–Trinajstić information content (AvgIpc) is 3.98. The summed E-state index contributed by atoms with van der Waals surface area (Å²) in [6.45, 7) is 0.138. The number of unbranched alkanes of at least 4 members (excludes halogenated alkanes) is 3. The highest BCUT2D eigenvalue weighted by molar-refractivity contribution is 7.53. The topological polar surface area (TPSA) is 306 Å². The Morgan fingerprint density at radius 2 is 1.16 bits per heavy atom. The lowest BCUT2D eigenvalue weighted by molar-refractivity contribution is -0.116. The van der Waals surface area contributed by atoms with Gasteiger partial charge in [0.15, 0.2) is 0 Å². The predicted octanol–water partition coefficient (Wildman–Crippen LogP) is 2.87. The minimum atomic E-state index is -4.57. The van der Waals surface area contributed by atoms with E-state index in [-0.39, 0.29) is 94.3 Å². The molecule has 3 aromatic heterocycles. The number of ether oxygens (including phenoxy) is 4. The highest BCUT2D eigenvalue weighted by atomic mass is 31.2. The first-order valence-electron chi connectivity index (χ1n) is 21.4. The van der Waals surface area contributed by atoms with Crippen LogP contribution in [0.5, 0.6) is 0 Å². The van der Waals surface area contributed by atoms with E-state index in [0.29, 0.717) is 25.1 Å². The number of phosphoric acid groups is 1. The Morgan fingerprint density at radius 1 is 0.642 bits per heavy atom. The van der Waals surface area contributed by atoms with Crippen LogP contribution in [0, 0.1) is 0 Å². The second-order valence-corrected chi connectivity index (χ2v) is 18.6. The monoisotopic (exact) mass is 991 g/mol. The Kier molecular flexibility index (Phi) is 25.7. The van der Waals surface area contributed by atoms with Crippen LogP contribution < -0.4 is 26.6 Å². The number of phosphoric ester groups is 1. The van der Waals surface area contributed by atoms with Crippen LogP contribution in [0.2, 0.25) is 0 Å². The van der Waals surface area contributed by atoms with E-state index in [1.54, 1.807) is 6.20 Å². The molecule has 4 amide bonds. The summed E-state index contributed by atoms with van der Waals surface area (Å²) in [5.74, 6) is -1.84. The number of anilines is 3. The maximum atomic E-state index is 13.6. The Labute approximate surface area is 389 Å². The zero-order chi connectivity index (χ0) is 49.2. The van der Waals surface area contributed by atoms with Gasteiger partial charge in [0.25, 0.3) is 17.7 Å². The number of nitrogens with zero attached hydrogens (tertiary/aromatic N) is 4. The number of nitrogens with one attached hydrogen (secondary N) is 5. The minimum Gasteiger partial charge on any atom is -0.396 e. The second kappa shape index (κ2) is 30.2. The summed E-state index contributed by atoms with van der Waals surface area (Å²) >= 11 is 0. The van der Waals surface area contributed by atoms with E-state index in [2.05, 4.69) is 26.6 Å². The molecule has 2 atom stereocenters. The van der Waals surface area contributed by atoms with E-state index in [0.717, 1.165) is 32.2 Å². The van der Waals surface area contributed by atoms with Crippen molar-refractivity contribution in [1.29, 1.82) is 0 Å². The molecule has 8 N–H and O–H groups in total. The highest BCUT2D eigenvalue weighted by Gasteiger charge is 2.26. The SMILES string of the molecule is COCn1cc(NC(=O)c2cc(NC(=O)c3cc(NC(=O)CCCN(C)C)cn3COC)cn2COC)cc1C(=O)NCCOCCOP(=O)(O)OCCP(=O)(O)OCNCCCCCCO. The quantitative estimate of drug-likeness (QED) is 0.0236. The molecule has 0 aliphatic heterocycles. The molecule has 2 unspecified atom stereocenters. The fourth-order valence-corrected chi connectivity index (χ4v) is 7.75. The molecule has 0 saturated carbocycles. The van der Waals surface area contributed by atoms with Crippen molar-refractivity contribution in [3.8, 4) is 0 Å². The highest BCUT2D eigenvalue weighted by Crippen LogP contribution is 2.46. The summed E-state index contributed by atoms with van der Waals surface area (Å²) in [6, 6.07) is 4.43. The molecular formula is C40H67N9O16P2. The molecule has 0 aliphatic carbocycles. The molecule has 0 radical (unpaired) electrons. The van der Waals surface area contributed by atoms with Crippen molar-refractivity contribution < 1.29 is 75.7 Å². The summed E-state index contributed by atoms with van der Waals surface area (Å²) in [4.78, 5) is 74.6. The molecule has 3 rings (SSSR count). The lowest BCUT2D eigenvalue weighted by atomic mass is 10.2. The first-order chi connectivity index (χ1) is 32.0. The van der Waals surface area contributed by atoms with Crippen LogP contribution in [0.1, 0.15) is 70.0 Å². The third-order valence-corrected chi connectivity index (χ3v) is 11.6. The van der Waals surface area contributed by atoms with Gasteiger partial charge in [-0.2, -0.15) is 0 Å². The third-order valence-electron chi connectivity index (χ3n) is 9.27. The number of aliphatic hydroxyl groups is 1. The summed E-state index contributed by atoms with van der Waals surface area (Å²) in [6.07, 6.45) is 8.34. The van der Waals surface area contributed by atoms with Gasteiger partial charge in [-0.05, 0) is 64.6 Å². The van der Waals surface area contributed by atoms with Gasteiger partial charge >= 0.3 is 15.4 Å². The molecule has 3 heterocycles. The van der Waals surface area contributed by atoms with Crippen molar-refractivity contribution >= 4 is 56.1 Å². The fraction of sp³-hybridized carbons (Fsp3) is 0.600. The summed E-state index contributed by atoms with van der Waals surface area (Å²) in [7, 11) is -0.470. The summed E-state index contributed by atoms with van der Waals surface area (Å²) in [5.41, 5.74) is 1.40. The predicted molar refractivity (Wildman–Crippen MR) is 246 cm³/mol. The number of rotatable bonds is 36. The Hall–Kier alpha value is -4.30. The van der Waals surface area contributed by atoms with Crippen molar-refractivity contribution in [2.24, 2.45) is 0 Å². The molecule has 0 aliphatic rings. The van der Waals surface area contributed by atoms with Gasteiger partial charge < -0.3 is 73.7 Å². The number of carbonyl (C=O) groups excluding carboxylic acids is 4. The zero-order valence-corrected chi connectivity index (χ0v) is 40.5. The molecular weight excluding hydrogens is 924 g/mol. The number of hydrogen-bond donors (Lipinski definition) is 8. The maximum Gasteiger partial charge on any atom is 0.472 e. The van der Waals surface area contributed by atoms with Crippen LogP contribution in [0.3, 0.4) is 0 Å². The van der Waals surface area contributed by atoms with E-state index in [4.69, 9.17) is 37.6 Å². The largest absolute Gasteiger partial charge is 0.472 e. The molecule has 27 heteroatoms. The Morgan fingerprint density at radius 3 is 1.70 bits per heavy atom. The van der Waals surface area contributed by atoms with Crippen LogP contribution in [-0.4, -0.2) is 158 Å². The van der Waals surface area contributed by atoms with Gasteiger partial charge in [-0.15, -0.1) is 0 Å². The maximum absolute atomic E-state index is 13.6. The van der Waals surface area contributed by atoms with Gasteiger partial charge in [-0.3, -0.25) is 42.6 Å². The van der Waals surface area contributed by atoms with Gasteiger partial charge in [0, 0.05) is 59.5 Å². The fourth-order valence-electron chi connectivity index (χ4n) is 6.16. The van der Waals surface area contributed by atoms with Gasteiger partial charge in [-0.1, -0.05) is 12.8 Å². The van der Waals surface area contributed by atoms with Crippen LogP contribution >= 0.6 is 15.4 Å². The van der Waals surface area contributed by atoms with E-state index < -0.39 is 45.9 Å². The van der Waals surface area contributed by atoms with E-state index in [1.807, 2.05) is 19.0 Å². The van der Waals surface area contributed by atoms with Crippen LogP contribution in [-0.2, 0) is 66.6 Å².